The summed E-state index contributed by atoms with van der Waals surface area (Å²) in [5.41, 5.74) is 14.0. The first-order chi connectivity index (χ1) is 27.1. The summed E-state index contributed by atoms with van der Waals surface area (Å²) in [6.45, 7) is 4.71. The molecule has 0 radical (unpaired) electrons. The minimum atomic E-state index is -0.0911. The van der Waals surface area contributed by atoms with E-state index in [1.54, 1.807) is 0 Å². The van der Waals surface area contributed by atoms with Crippen molar-refractivity contribution in [3.8, 4) is 34.0 Å². The van der Waals surface area contributed by atoms with E-state index in [-0.39, 0.29) is 5.41 Å². The van der Waals surface area contributed by atoms with Crippen molar-refractivity contribution in [3.63, 3.8) is 0 Å². The third kappa shape index (κ3) is 4.11. The smallest absolute Gasteiger partial charge is 0.235 e. The highest BCUT2D eigenvalue weighted by molar-refractivity contribution is 6.29. The third-order valence-corrected chi connectivity index (χ3v) is 12.1. The van der Waals surface area contributed by atoms with Crippen LogP contribution in [0.15, 0.2) is 170 Å². The van der Waals surface area contributed by atoms with Crippen molar-refractivity contribution in [2.45, 2.75) is 19.3 Å². The second-order valence-electron chi connectivity index (χ2n) is 15.4. The summed E-state index contributed by atoms with van der Waals surface area (Å²) < 4.78 is 4.73. The van der Waals surface area contributed by atoms with Crippen LogP contribution in [0.5, 0.6) is 0 Å². The Hall–Kier alpha value is -7.04. The molecule has 0 saturated heterocycles. The lowest BCUT2D eigenvalue weighted by atomic mass is 9.82. The Labute approximate surface area is 317 Å². The number of hydrogen-bond donors (Lipinski definition) is 0. The fourth-order valence-corrected chi connectivity index (χ4v) is 9.64. The van der Waals surface area contributed by atoms with Crippen LogP contribution in [0.4, 0.5) is 0 Å². The first kappa shape index (κ1) is 30.4. The monoisotopic (exact) mass is 702 g/mol. The van der Waals surface area contributed by atoms with Gasteiger partial charge in [-0.15, -0.1) is 0 Å². The van der Waals surface area contributed by atoms with E-state index in [0.717, 1.165) is 33.2 Å². The van der Waals surface area contributed by atoms with Crippen LogP contribution in [0.3, 0.4) is 0 Å². The first-order valence-electron chi connectivity index (χ1n) is 19.0. The molecule has 55 heavy (non-hydrogen) atoms. The van der Waals surface area contributed by atoms with Crippen LogP contribution in [0, 0.1) is 0 Å². The molecular weight excluding hydrogens is 669 g/mol. The quantitative estimate of drug-likeness (QED) is 0.184. The summed E-state index contributed by atoms with van der Waals surface area (Å²) in [6.07, 6.45) is 0. The van der Waals surface area contributed by atoms with Gasteiger partial charge < -0.3 is 4.57 Å². The van der Waals surface area contributed by atoms with Gasteiger partial charge in [0.05, 0.1) is 33.3 Å². The molecule has 1 aliphatic rings. The topological polar surface area (TPSA) is 35.6 Å². The molecule has 12 rings (SSSR count). The average Bonchev–Trinajstić information content (AvgIpc) is 3.83. The van der Waals surface area contributed by atoms with Crippen LogP contribution in [0.1, 0.15) is 25.0 Å². The Kier molecular flexibility index (Phi) is 6.09. The van der Waals surface area contributed by atoms with Crippen molar-refractivity contribution in [1.29, 1.82) is 0 Å². The highest BCUT2D eigenvalue weighted by Crippen LogP contribution is 2.50. The van der Waals surface area contributed by atoms with Crippen LogP contribution in [-0.4, -0.2) is 19.1 Å². The Morgan fingerprint density at radius 2 is 1.00 bits per heavy atom. The van der Waals surface area contributed by atoms with Gasteiger partial charge in [0.25, 0.3) is 0 Å². The number of para-hydroxylation sites is 3. The molecule has 0 bridgehead atoms. The molecular formula is C51H34N4. The molecule has 0 unspecified atom stereocenters. The van der Waals surface area contributed by atoms with E-state index in [1.807, 2.05) is 0 Å². The van der Waals surface area contributed by atoms with Gasteiger partial charge in [0.2, 0.25) is 5.95 Å². The maximum absolute atomic E-state index is 5.47. The summed E-state index contributed by atoms with van der Waals surface area (Å²) in [6, 6.07) is 61.5. The fraction of sp³-hybridized carbons (Fsp3) is 0.0588. The maximum Gasteiger partial charge on any atom is 0.235 e. The summed E-state index contributed by atoms with van der Waals surface area (Å²) >= 11 is 0. The molecule has 1 aliphatic carbocycles. The van der Waals surface area contributed by atoms with Gasteiger partial charge in [-0.2, -0.15) is 0 Å². The van der Waals surface area contributed by atoms with Crippen molar-refractivity contribution in [2.75, 3.05) is 0 Å². The largest absolute Gasteiger partial charge is 0.309 e. The zero-order valence-electron chi connectivity index (χ0n) is 30.5. The Balaban J connectivity index is 1.15. The van der Waals surface area contributed by atoms with Gasteiger partial charge in [-0.25, -0.2) is 9.97 Å². The highest BCUT2D eigenvalue weighted by atomic mass is 15.2. The molecule has 0 aliphatic heterocycles. The Bertz CT molecular complexity index is 3410. The SMILES string of the molecule is CC1(C)c2ccccc2-c2ccc(-n3c4ccccc4c4c5c6ccccc6n(-c6nc(-c7cccc8ccccc78)c7ccccc7n6)c5ccc43)cc21. The Morgan fingerprint density at radius 1 is 0.418 bits per heavy atom. The summed E-state index contributed by atoms with van der Waals surface area (Å²) in [5, 5.41) is 8.26. The molecule has 0 spiro atoms. The maximum atomic E-state index is 5.47. The van der Waals surface area contributed by atoms with E-state index in [0.29, 0.717) is 5.95 Å². The lowest BCUT2D eigenvalue weighted by Gasteiger charge is -2.22. The predicted octanol–water partition coefficient (Wildman–Crippen LogP) is 13.0. The molecule has 4 heteroatoms. The number of nitrogens with zero attached hydrogens (tertiary/aromatic N) is 4. The fourth-order valence-electron chi connectivity index (χ4n) is 9.64. The normalized spacial score (nSPS) is 13.4. The minimum absolute atomic E-state index is 0.0911. The summed E-state index contributed by atoms with van der Waals surface area (Å²) in [7, 11) is 0. The van der Waals surface area contributed by atoms with Gasteiger partial charge in [0.1, 0.15) is 0 Å². The van der Waals surface area contributed by atoms with Gasteiger partial charge >= 0.3 is 0 Å². The second-order valence-corrected chi connectivity index (χ2v) is 15.4. The van der Waals surface area contributed by atoms with E-state index in [1.165, 1.54) is 71.3 Å². The summed E-state index contributed by atoms with van der Waals surface area (Å²) in [4.78, 5) is 10.8. The number of rotatable bonds is 3. The van der Waals surface area contributed by atoms with Crippen molar-refractivity contribution in [3.05, 3.63) is 181 Å². The zero-order chi connectivity index (χ0) is 36.4. The molecule has 3 heterocycles. The van der Waals surface area contributed by atoms with Crippen LogP contribution in [-0.2, 0) is 5.41 Å². The lowest BCUT2D eigenvalue weighted by molar-refractivity contribution is 0.660. The first-order valence-corrected chi connectivity index (χ1v) is 19.0. The van der Waals surface area contributed by atoms with Crippen LogP contribution >= 0.6 is 0 Å². The molecule has 8 aromatic carbocycles. The molecule has 0 fully saturated rings. The molecule has 258 valence electrons. The number of aromatic nitrogens is 4. The molecule has 3 aromatic heterocycles. The molecule has 11 aromatic rings. The lowest BCUT2D eigenvalue weighted by Crippen LogP contribution is -2.15. The van der Waals surface area contributed by atoms with Gasteiger partial charge in [-0.05, 0) is 75.5 Å². The third-order valence-electron chi connectivity index (χ3n) is 12.1. The number of benzene rings is 8. The van der Waals surface area contributed by atoms with Crippen molar-refractivity contribution < 1.29 is 0 Å². The van der Waals surface area contributed by atoms with Crippen LogP contribution < -0.4 is 0 Å². The Morgan fingerprint density at radius 3 is 1.80 bits per heavy atom. The van der Waals surface area contributed by atoms with E-state index in [4.69, 9.17) is 9.97 Å². The van der Waals surface area contributed by atoms with Gasteiger partial charge in [0, 0.05) is 43.6 Å². The zero-order valence-corrected chi connectivity index (χ0v) is 30.5. The van der Waals surface area contributed by atoms with Crippen molar-refractivity contribution >= 4 is 65.3 Å². The molecule has 0 N–H and O–H groups in total. The number of hydrogen-bond acceptors (Lipinski definition) is 2. The standard InChI is InChI=1S/C51H34N4/c1-51(2)40-22-9-5-17-34(40)35-27-26-32(30-41(35)51)54-43-24-11-7-19-38(43)47-45(54)28-29-46-48(47)39-20-8-12-25-44(39)55(46)50-52-42-23-10-6-18-37(42)49(53-50)36-21-13-15-31-14-3-4-16-33(31)36/h3-30H,1-2H3. The van der Waals surface area contributed by atoms with Crippen molar-refractivity contribution in [1.82, 2.24) is 19.1 Å². The van der Waals surface area contributed by atoms with Gasteiger partial charge in [0.15, 0.2) is 0 Å². The molecule has 0 saturated carbocycles. The minimum Gasteiger partial charge on any atom is -0.309 e. The molecule has 0 amide bonds. The highest BCUT2D eigenvalue weighted by Gasteiger charge is 2.35. The average molecular weight is 703 g/mol. The van der Waals surface area contributed by atoms with E-state index in [2.05, 4.69) is 193 Å². The van der Waals surface area contributed by atoms with Gasteiger partial charge in [-0.1, -0.05) is 141 Å². The van der Waals surface area contributed by atoms with Crippen molar-refractivity contribution in [2.24, 2.45) is 0 Å². The number of fused-ring (bicyclic) bond motifs is 12. The predicted molar refractivity (Wildman–Crippen MR) is 229 cm³/mol. The van der Waals surface area contributed by atoms with Gasteiger partial charge in [-0.3, -0.25) is 4.57 Å². The van der Waals surface area contributed by atoms with Crippen LogP contribution in [0.25, 0.3) is 99.3 Å². The molecule has 4 nitrogen and oxygen atoms in total. The van der Waals surface area contributed by atoms with E-state index < -0.39 is 0 Å². The van der Waals surface area contributed by atoms with E-state index >= 15 is 0 Å². The summed E-state index contributed by atoms with van der Waals surface area (Å²) in [5.74, 6) is 0.663. The molecule has 0 atom stereocenters. The second kappa shape index (κ2) is 11.0. The van der Waals surface area contributed by atoms with Crippen LogP contribution in [0.2, 0.25) is 0 Å². The van der Waals surface area contributed by atoms with E-state index in [9.17, 15) is 0 Å².